The van der Waals surface area contributed by atoms with Gasteiger partial charge in [-0.1, -0.05) is 149 Å². The summed E-state index contributed by atoms with van der Waals surface area (Å²) in [7, 11) is 5.36. The van der Waals surface area contributed by atoms with Gasteiger partial charge in [-0.3, -0.25) is 9.59 Å². The van der Waals surface area contributed by atoms with Gasteiger partial charge in [0.1, 0.15) is 12.6 Å². The van der Waals surface area contributed by atoms with E-state index in [2.05, 4.69) is 50.3 Å². The van der Waals surface area contributed by atoms with Gasteiger partial charge < -0.3 is 28.6 Å². The van der Waals surface area contributed by atoms with Crippen LogP contribution in [-0.4, -0.2) is 75.5 Å². The second-order valence-corrected chi connectivity index (χ2v) is 14.0. The van der Waals surface area contributed by atoms with Crippen molar-refractivity contribution in [2.45, 2.75) is 122 Å². The highest BCUT2D eigenvalue weighted by atomic mass is 16.6. The van der Waals surface area contributed by atoms with Crippen LogP contribution in [-0.2, 0) is 28.6 Å². The van der Waals surface area contributed by atoms with Gasteiger partial charge in [-0.15, -0.1) is 0 Å². The number of carboxylic acids is 1. The van der Waals surface area contributed by atoms with Crippen molar-refractivity contribution in [3.8, 4) is 0 Å². The van der Waals surface area contributed by atoms with E-state index in [4.69, 9.17) is 14.2 Å². The molecule has 0 heterocycles. The first-order chi connectivity index (χ1) is 26.1. The summed E-state index contributed by atoms with van der Waals surface area (Å²) in [6, 6.07) is -0.744. The van der Waals surface area contributed by atoms with E-state index in [0.29, 0.717) is 12.8 Å². The number of aliphatic carboxylic acids is 1. The minimum absolute atomic E-state index is 0.00631. The lowest BCUT2D eigenvalue weighted by molar-refractivity contribution is -0.889. The summed E-state index contributed by atoms with van der Waals surface area (Å²) >= 11 is 0. The third-order valence-corrected chi connectivity index (χ3v) is 8.12. The molecule has 302 valence electrons. The normalized spacial score (nSPS) is 14.2. The van der Waals surface area contributed by atoms with Gasteiger partial charge in [0.25, 0.3) is 0 Å². The second kappa shape index (κ2) is 36.0. The van der Waals surface area contributed by atoms with Gasteiger partial charge in [0.15, 0.2) is 6.10 Å². The maximum Gasteiger partial charge on any atom is 0.306 e. The van der Waals surface area contributed by atoms with Crippen LogP contribution in [0.3, 0.4) is 0 Å². The number of carbonyl (C=O) groups excluding carboxylic acids is 3. The van der Waals surface area contributed by atoms with Gasteiger partial charge in [-0.25, -0.2) is 0 Å². The topological polar surface area (TPSA) is 102 Å². The molecule has 2 atom stereocenters. The summed E-state index contributed by atoms with van der Waals surface area (Å²) in [6.07, 6.45) is 48.3. The van der Waals surface area contributed by atoms with Crippen LogP contribution in [0, 0.1) is 0 Å². The van der Waals surface area contributed by atoms with E-state index in [1.807, 2.05) is 72.9 Å². The van der Waals surface area contributed by atoms with E-state index in [9.17, 15) is 19.5 Å². The fraction of sp³-hybridized carbons (Fsp3) is 0.543. The molecule has 2 unspecified atom stereocenters. The molecule has 0 fully saturated rings. The quantitative estimate of drug-likeness (QED) is 0.0285. The Morgan fingerprint density at radius 3 is 1.52 bits per heavy atom. The fourth-order valence-corrected chi connectivity index (χ4v) is 4.97. The molecule has 0 N–H and O–H groups in total. The highest BCUT2D eigenvalue weighted by molar-refractivity contribution is 5.70. The van der Waals surface area contributed by atoms with E-state index < -0.39 is 18.1 Å². The van der Waals surface area contributed by atoms with Crippen molar-refractivity contribution in [1.29, 1.82) is 0 Å². The molecule has 0 saturated carbocycles. The monoisotopic (exact) mass is 750 g/mol. The Bertz CT molecular complexity index is 1240. The number of ether oxygens (including phenoxy) is 3. The van der Waals surface area contributed by atoms with Crippen LogP contribution >= 0.6 is 0 Å². The summed E-state index contributed by atoms with van der Waals surface area (Å²) < 4.78 is 17.0. The Morgan fingerprint density at radius 1 is 0.574 bits per heavy atom. The van der Waals surface area contributed by atoms with Crippen LogP contribution in [0.1, 0.15) is 110 Å². The smallest absolute Gasteiger partial charge is 0.306 e. The first-order valence-corrected chi connectivity index (χ1v) is 20.0. The van der Waals surface area contributed by atoms with E-state index >= 15 is 0 Å². The Hall–Kier alpha value is -4.01. The number of carboxylic acid groups (broad SMARTS) is 1. The zero-order valence-electron chi connectivity index (χ0n) is 34.1. The summed E-state index contributed by atoms with van der Waals surface area (Å²) in [5, 5.41) is 11.6. The molecule has 0 aromatic heterocycles. The number of hydrogen-bond acceptors (Lipinski definition) is 7. The van der Waals surface area contributed by atoms with Gasteiger partial charge >= 0.3 is 11.9 Å². The summed E-state index contributed by atoms with van der Waals surface area (Å²) in [6.45, 7) is 4.34. The predicted molar refractivity (Wildman–Crippen MR) is 221 cm³/mol. The second-order valence-electron chi connectivity index (χ2n) is 14.0. The van der Waals surface area contributed by atoms with Crippen molar-refractivity contribution in [3.63, 3.8) is 0 Å². The molecule has 0 aliphatic rings. The molecule has 0 spiro atoms. The first-order valence-electron chi connectivity index (χ1n) is 20.0. The molecule has 0 amide bonds. The lowest BCUT2D eigenvalue weighted by Gasteiger charge is -2.34. The number of likely N-dealkylation sites (N-methyl/N-ethyl adjacent to an activating group) is 1. The number of rotatable bonds is 33. The molecule has 0 aromatic carbocycles. The van der Waals surface area contributed by atoms with Crippen LogP contribution in [0.4, 0.5) is 0 Å². The Morgan fingerprint density at radius 2 is 1.04 bits per heavy atom. The van der Waals surface area contributed by atoms with Crippen molar-refractivity contribution < 1.29 is 38.2 Å². The highest BCUT2D eigenvalue weighted by Gasteiger charge is 2.25. The average molecular weight is 750 g/mol. The largest absolute Gasteiger partial charge is 0.544 e. The average Bonchev–Trinajstić information content (AvgIpc) is 3.12. The third kappa shape index (κ3) is 33.8. The van der Waals surface area contributed by atoms with Gasteiger partial charge in [0.05, 0.1) is 40.3 Å². The fourth-order valence-electron chi connectivity index (χ4n) is 4.97. The van der Waals surface area contributed by atoms with E-state index in [0.717, 1.165) is 51.4 Å². The molecule has 54 heavy (non-hydrogen) atoms. The highest BCUT2D eigenvalue weighted by Crippen LogP contribution is 2.11. The lowest BCUT2D eigenvalue weighted by Crippen LogP contribution is -2.55. The van der Waals surface area contributed by atoms with Gasteiger partial charge in [0, 0.05) is 19.3 Å². The summed E-state index contributed by atoms with van der Waals surface area (Å²) in [5.41, 5.74) is 0. The first kappa shape index (κ1) is 50.0. The number of quaternary nitrogens is 1. The van der Waals surface area contributed by atoms with Crippen molar-refractivity contribution in [1.82, 2.24) is 0 Å². The zero-order valence-corrected chi connectivity index (χ0v) is 34.1. The standard InChI is InChI=1S/C46H71NO7/c1-6-8-10-12-14-16-18-19-20-21-22-23-24-25-27-28-30-32-34-36-44(48)53-41-42(40-52-39-38-43(46(50)51)47(3,4)5)54-45(49)37-35-33-31-29-26-17-15-13-11-9-7-2/h8,10,12-27,42-43H,6-7,9,11,28-41H2,1-5H3/b10-8+,14-12+,15-13+,18-16+,20-19+,22-21+,24-23+,26-17+,27-25+. The number of carbonyl (C=O) groups is 3. The minimum atomic E-state index is -1.14. The molecule has 0 rings (SSSR count). The van der Waals surface area contributed by atoms with Crippen LogP contribution in [0.25, 0.3) is 0 Å². The van der Waals surface area contributed by atoms with Crippen LogP contribution in [0.2, 0.25) is 0 Å². The predicted octanol–water partition coefficient (Wildman–Crippen LogP) is 9.18. The van der Waals surface area contributed by atoms with E-state index in [1.165, 1.54) is 12.8 Å². The number of hydrogen-bond donors (Lipinski definition) is 0. The van der Waals surface area contributed by atoms with Crippen molar-refractivity contribution >= 4 is 17.9 Å². The molecular weight excluding hydrogens is 679 g/mol. The molecule has 8 heteroatoms. The lowest BCUT2D eigenvalue weighted by atomic mass is 10.1. The maximum atomic E-state index is 12.6. The van der Waals surface area contributed by atoms with Crippen molar-refractivity contribution in [2.75, 3.05) is 41.0 Å². The molecule has 8 nitrogen and oxygen atoms in total. The van der Waals surface area contributed by atoms with Crippen molar-refractivity contribution in [3.05, 3.63) is 109 Å². The number of allylic oxidation sites excluding steroid dienone is 18. The third-order valence-electron chi connectivity index (χ3n) is 8.12. The zero-order chi connectivity index (χ0) is 40.0. The van der Waals surface area contributed by atoms with E-state index in [1.54, 1.807) is 21.1 Å². The van der Waals surface area contributed by atoms with Gasteiger partial charge in [-0.05, 0) is 51.4 Å². The Kier molecular flexibility index (Phi) is 33.3. The maximum absolute atomic E-state index is 12.6. The van der Waals surface area contributed by atoms with Gasteiger partial charge in [0.2, 0.25) is 0 Å². The number of esters is 2. The Labute approximate surface area is 328 Å². The van der Waals surface area contributed by atoms with Crippen LogP contribution in [0.5, 0.6) is 0 Å². The molecular formula is C46H71NO7. The number of nitrogens with zero attached hydrogens (tertiary/aromatic N) is 1. The van der Waals surface area contributed by atoms with E-state index in [-0.39, 0.29) is 55.5 Å². The number of unbranched alkanes of at least 4 members (excludes halogenated alkanes) is 8. The summed E-state index contributed by atoms with van der Waals surface area (Å²) in [4.78, 5) is 36.7. The van der Waals surface area contributed by atoms with Crippen LogP contribution in [0.15, 0.2) is 109 Å². The van der Waals surface area contributed by atoms with Crippen LogP contribution < -0.4 is 5.11 Å². The SMILES string of the molecule is CC/C=C/C=C/C=C/C=C/C=C/C=C/C=C/CCCCCC(=O)OCC(COCCC(C(=O)[O-])[N+](C)(C)C)OC(=O)CCCCC/C=C/C=C/CCCC. The molecule has 0 aliphatic heterocycles. The van der Waals surface area contributed by atoms with Gasteiger partial charge in [-0.2, -0.15) is 0 Å². The molecule has 0 radical (unpaired) electrons. The van der Waals surface area contributed by atoms with Crippen molar-refractivity contribution in [2.24, 2.45) is 0 Å². The molecule has 0 saturated heterocycles. The Balaban J connectivity index is 4.55. The summed E-state index contributed by atoms with van der Waals surface area (Å²) in [5.74, 6) is -1.85. The minimum Gasteiger partial charge on any atom is -0.544 e. The molecule has 0 aliphatic carbocycles. The molecule has 0 aromatic rings. The molecule has 0 bridgehead atoms.